The number of para-hydroxylation sites is 2. The topological polar surface area (TPSA) is 56.2 Å². The van der Waals surface area contributed by atoms with E-state index in [0.29, 0.717) is 30.2 Å². The minimum Gasteiger partial charge on any atom is -0.492 e. The summed E-state index contributed by atoms with van der Waals surface area (Å²) >= 11 is 6.19. The number of halogens is 1. The zero-order valence-corrected chi connectivity index (χ0v) is 15.5. The number of amides is 1. The lowest BCUT2D eigenvalue weighted by Crippen LogP contribution is -2.32. The number of benzene rings is 2. The highest BCUT2D eigenvalue weighted by molar-refractivity contribution is 6.32. The summed E-state index contributed by atoms with van der Waals surface area (Å²) in [5, 5.41) is 8.06. The highest BCUT2D eigenvalue weighted by atomic mass is 35.5. The van der Waals surface area contributed by atoms with Crippen molar-refractivity contribution in [1.29, 1.82) is 0 Å². The summed E-state index contributed by atoms with van der Waals surface area (Å²) < 4.78 is 7.47. The zero-order chi connectivity index (χ0) is 18.6. The molecule has 0 radical (unpaired) electrons. The number of carbonyl (C=O) groups excluding carboxylic acids is 1. The molecule has 5 nitrogen and oxygen atoms in total. The van der Waals surface area contributed by atoms with E-state index < -0.39 is 0 Å². The molecule has 4 rings (SSSR count). The molecule has 1 aromatic heterocycles. The maximum atomic E-state index is 12.4. The molecule has 1 unspecified atom stereocenters. The number of aryl methyl sites for hydroxylation is 1. The van der Waals surface area contributed by atoms with E-state index in [9.17, 15) is 4.79 Å². The Morgan fingerprint density at radius 1 is 1.22 bits per heavy atom. The van der Waals surface area contributed by atoms with E-state index in [1.165, 1.54) is 0 Å². The lowest BCUT2D eigenvalue weighted by atomic mass is 10.00. The number of nitrogens with one attached hydrogen (secondary N) is 1. The van der Waals surface area contributed by atoms with E-state index in [1.54, 1.807) is 6.07 Å². The van der Waals surface area contributed by atoms with Crippen molar-refractivity contribution in [2.24, 2.45) is 0 Å². The Bertz CT molecular complexity index is 940. The van der Waals surface area contributed by atoms with Crippen LogP contribution in [-0.4, -0.2) is 22.3 Å². The van der Waals surface area contributed by atoms with Crippen molar-refractivity contribution in [1.82, 2.24) is 15.1 Å². The molecule has 138 valence electrons. The molecule has 6 heteroatoms. The summed E-state index contributed by atoms with van der Waals surface area (Å²) in [7, 11) is 0. The van der Waals surface area contributed by atoms with Crippen molar-refractivity contribution in [3.05, 3.63) is 77.1 Å². The van der Waals surface area contributed by atoms with Crippen LogP contribution in [0.25, 0.3) is 5.69 Å². The third-order valence-corrected chi connectivity index (χ3v) is 4.96. The van der Waals surface area contributed by atoms with E-state index >= 15 is 0 Å². The average Bonchev–Trinajstić information content (AvgIpc) is 3.17. The first-order valence-corrected chi connectivity index (χ1v) is 9.38. The van der Waals surface area contributed by atoms with Crippen LogP contribution in [0.3, 0.4) is 0 Å². The number of aromatic nitrogens is 2. The molecule has 1 atom stereocenters. The standard InChI is InChI=1S/C21H20ClN3O2/c22-18-8-4-7-17-19(11-12-27-21(17)18)24-20(26)10-9-15-13-23-25(14-15)16-5-2-1-3-6-16/h1-8,13-14,19H,9-12H2,(H,24,26). The van der Waals surface area contributed by atoms with E-state index in [4.69, 9.17) is 16.3 Å². The first-order chi connectivity index (χ1) is 13.2. The van der Waals surface area contributed by atoms with Gasteiger partial charge < -0.3 is 10.1 Å². The Morgan fingerprint density at radius 3 is 2.93 bits per heavy atom. The summed E-state index contributed by atoms with van der Waals surface area (Å²) in [5.74, 6) is 0.695. The maximum absolute atomic E-state index is 12.4. The van der Waals surface area contributed by atoms with Gasteiger partial charge in [-0.3, -0.25) is 4.79 Å². The largest absolute Gasteiger partial charge is 0.492 e. The Kier molecular flexibility index (Phi) is 5.12. The Labute approximate surface area is 162 Å². The second-order valence-corrected chi connectivity index (χ2v) is 6.95. The molecule has 1 amide bonds. The molecule has 2 heterocycles. The van der Waals surface area contributed by atoms with Crippen molar-refractivity contribution in [2.45, 2.75) is 25.3 Å². The summed E-state index contributed by atoms with van der Waals surface area (Å²) in [6.07, 6.45) is 5.57. The molecule has 27 heavy (non-hydrogen) atoms. The van der Waals surface area contributed by atoms with Gasteiger partial charge >= 0.3 is 0 Å². The molecule has 0 saturated heterocycles. The first-order valence-electron chi connectivity index (χ1n) is 9.00. The highest BCUT2D eigenvalue weighted by Crippen LogP contribution is 2.37. The SMILES string of the molecule is O=C(CCc1cnn(-c2ccccc2)c1)NC1CCOc2c(Cl)cccc21. The minimum absolute atomic E-state index is 0.0142. The van der Waals surface area contributed by atoms with Gasteiger partial charge in [-0.15, -0.1) is 0 Å². The van der Waals surface area contributed by atoms with Gasteiger partial charge in [0.15, 0.2) is 0 Å². The van der Waals surface area contributed by atoms with Crippen molar-refractivity contribution < 1.29 is 9.53 Å². The predicted molar refractivity (Wildman–Crippen MR) is 104 cm³/mol. The molecule has 2 aromatic carbocycles. The maximum Gasteiger partial charge on any atom is 0.220 e. The zero-order valence-electron chi connectivity index (χ0n) is 14.8. The average molecular weight is 382 g/mol. The summed E-state index contributed by atoms with van der Waals surface area (Å²) in [6, 6.07) is 15.5. The van der Waals surface area contributed by atoms with Crippen LogP contribution in [0.4, 0.5) is 0 Å². The Morgan fingerprint density at radius 2 is 2.07 bits per heavy atom. The molecule has 0 spiro atoms. The predicted octanol–water partition coefficient (Wildman–Crippen LogP) is 4.10. The molecule has 0 bridgehead atoms. The summed E-state index contributed by atoms with van der Waals surface area (Å²) in [6.45, 7) is 0.547. The highest BCUT2D eigenvalue weighted by Gasteiger charge is 2.24. The van der Waals surface area contributed by atoms with Crippen LogP contribution in [0, 0.1) is 0 Å². The minimum atomic E-state index is -0.0630. The van der Waals surface area contributed by atoms with Gasteiger partial charge in [-0.25, -0.2) is 4.68 Å². The number of hydrogen-bond acceptors (Lipinski definition) is 3. The third kappa shape index (κ3) is 3.98. The van der Waals surface area contributed by atoms with Crippen molar-refractivity contribution in [2.75, 3.05) is 6.61 Å². The molecule has 0 saturated carbocycles. The smallest absolute Gasteiger partial charge is 0.220 e. The van der Waals surface area contributed by atoms with Gasteiger partial charge in [0.1, 0.15) is 5.75 Å². The first kappa shape index (κ1) is 17.6. The molecule has 1 N–H and O–H groups in total. The van der Waals surface area contributed by atoms with Crippen LogP contribution in [-0.2, 0) is 11.2 Å². The molecule has 1 aliphatic rings. The van der Waals surface area contributed by atoms with Crippen molar-refractivity contribution in [3.8, 4) is 11.4 Å². The number of nitrogens with zero attached hydrogens (tertiary/aromatic N) is 2. The van der Waals surface area contributed by atoms with Crippen LogP contribution in [0.1, 0.15) is 30.0 Å². The molecular formula is C21H20ClN3O2. The van der Waals surface area contributed by atoms with E-state index in [2.05, 4.69) is 10.4 Å². The van der Waals surface area contributed by atoms with E-state index in [-0.39, 0.29) is 11.9 Å². The lowest BCUT2D eigenvalue weighted by Gasteiger charge is -2.27. The second kappa shape index (κ2) is 7.84. The third-order valence-electron chi connectivity index (χ3n) is 4.66. The number of fused-ring (bicyclic) bond motifs is 1. The van der Waals surface area contributed by atoms with Gasteiger partial charge in [-0.05, 0) is 30.2 Å². The Hall–Kier alpha value is -2.79. The molecule has 1 aliphatic heterocycles. The van der Waals surface area contributed by atoms with Crippen molar-refractivity contribution in [3.63, 3.8) is 0 Å². The van der Waals surface area contributed by atoms with Gasteiger partial charge in [-0.1, -0.05) is 41.9 Å². The van der Waals surface area contributed by atoms with Gasteiger partial charge in [0, 0.05) is 24.6 Å². The van der Waals surface area contributed by atoms with E-state index in [1.807, 2.05) is 59.5 Å². The monoisotopic (exact) mass is 381 g/mol. The van der Waals surface area contributed by atoms with Gasteiger partial charge in [0.2, 0.25) is 5.91 Å². The molecule has 0 aliphatic carbocycles. The van der Waals surface area contributed by atoms with Crippen LogP contribution >= 0.6 is 11.6 Å². The van der Waals surface area contributed by atoms with Gasteiger partial charge in [0.25, 0.3) is 0 Å². The van der Waals surface area contributed by atoms with Crippen LogP contribution in [0.15, 0.2) is 60.9 Å². The fourth-order valence-electron chi connectivity index (χ4n) is 3.27. The fraction of sp³-hybridized carbons (Fsp3) is 0.238. The quantitative estimate of drug-likeness (QED) is 0.724. The molecule has 0 fully saturated rings. The van der Waals surface area contributed by atoms with Crippen LogP contribution in [0.2, 0.25) is 5.02 Å². The van der Waals surface area contributed by atoms with Crippen LogP contribution in [0.5, 0.6) is 5.75 Å². The van der Waals surface area contributed by atoms with Gasteiger partial charge in [0.05, 0.1) is 29.6 Å². The van der Waals surface area contributed by atoms with Crippen molar-refractivity contribution >= 4 is 17.5 Å². The number of ether oxygens (including phenoxy) is 1. The second-order valence-electron chi connectivity index (χ2n) is 6.54. The molecular weight excluding hydrogens is 362 g/mol. The summed E-state index contributed by atoms with van der Waals surface area (Å²) in [4.78, 5) is 12.4. The number of hydrogen-bond donors (Lipinski definition) is 1. The lowest BCUT2D eigenvalue weighted by molar-refractivity contribution is -0.122. The summed E-state index contributed by atoms with van der Waals surface area (Å²) in [5.41, 5.74) is 2.98. The van der Waals surface area contributed by atoms with Crippen LogP contribution < -0.4 is 10.1 Å². The normalized spacial score (nSPS) is 15.7. The number of rotatable bonds is 5. The molecule has 3 aromatic rings. The Balaban J connectivity index is 1.36. The number of carbonyl (C=O) groups is 1. The fourth-order valence-corrected chi connectivity index (χ4v) is 3.51. The van der Waals surface area contributed by atoms with Gasteiger partial charge in [-0.2, -0.15) is 5.10 Å². The van der Waals surface area contributed by atoms with E-state index in [0.717, 1.165) is 23.2 Å².